The van der Waals surface area contributed by atoms with Crippen molar-refractivity contribution in [3.8, 4) is 12.1 Å². The van der Waals surface area contributed by atoms with Crippen LogP contribution in [0.25, 0.3) is 10.9 Å². The first-order chi connectivity index (χ1) is 15.5. The molecule has 5 rings (SSSR count). The highest BCUT2D eigenvalue weighted by Crippen LogP contribution is 2.30. The van der Waals surface area contributed by atoms with Crippen molar-refractivity contribution in [3.63, 3.8) is 0 Å². The minimum Gasteiger partial charge on any atom is -0.467 e. The summed E-state index contributed by atoms with van der Waals surface area (Å²) in [7, 11) is 1.42. The maximum Gasteiger partial charge on any atom is 0.318 e. The van der Waals surface area contributed by atoms with Crippen LogP contribution in [-0.4, -0.2) is 77.9 Å². The Bertz CT molecular complexity index is 992. The number of alkyl halides is 1. The number of methoxy groups -OCH3 is 1. The number of anilines is 1. The van der Waals surface area contributed by atoms with Crippen molar-refractivity contribution in [3.05, 3.63) is 17.2 Å². The van der Waals surface area contributed by atoms with E-state index in [2.05, 4.69) is 31.2 Å². The van der Waals surface area contributed by atoms with Crippen molar-refractivity contribution in [2.45, 2.75) is 43.9 Å². The summed E-state index contributed by atoms with van der Waals surface area (Å²) in [6.45, 7) is 3.80. The molecule has 32 heavy (non-hydrogen) atoms. The summed E-state index contributed by atoms with van der Waals surface area (Å²) in [6, 6.07) is 2.84. The van der Waals surface area contributed by atoms with Crippen molar-refractivity contribution in [1.82, 2.24) is 25.2 Å². The molecule has 0 aliphatic carbocycles. The van der Waals surface area contributed by atoms with Crippen LogP contribution in [0.1, 0.15) is 25.7 Å². The number of pyridine rings is 1. The molecule has 172 valence electrons. The molecule has 2 aromatic rings. The van der Waals surface area contributed by atoms with E-state index in [9.17, 15) is 8.78 Å². The second-order valence-corrected chi connectivity index (χ2v) is 8.60. The van der Waals surface area contributed by atoms with E-state index in [-0.39, 0.29) is 22.7 Å². The van der Waals surface area contributed by atoms with Crippen LogP contribution in [0.15, 0.2) is 6.20 Å². The largest absolute Gasteiger partial charge is 0.467 e. The van der Waals surface area contributed by atoms with Crippen molar-refractivity contribution < 1.29 is 13.5 Å². The highest BCUT2D eigenvalue weighted by atomic mass is 35.5. The molecule has 11 heteroatoms. The Labute approximate surface area is 190 Å². The Morgan fingerprint density at radius 3 is 2.94 bits per heavy atom. The molecule has 3 aliphatic heterocycles. The van der Waals surface area contributed by atoms with Crippen molar-refractivity contribution in [2.24, 2.45) is 0 Å². The van der Waals surface area contributed by atoms with Gasteiger partial charge in [-0.1, -0.05) is 11.6 Å². The second-order valence-electron chi connectivity index (χ2n) is 8.24. The van der Waals surface area contributed by atoms with Gasteiger partial charge in [0.05, 0.1) is 25.0 Å². The number of aromatic nitrogens is 3. The van der Waals surface area contributed by atoms with Crippen LogP contribution in [0.5, 0.6) is 6.01 Å². The van der Waals surface area contributed by atoms with E-state index < -0.39 is 12.0 Å². The van der Waals surface area contributed by atoms with Crippen LogP contribution in [0, 0.1) is 17.1 Å². The molecule has 0 spiro atoms. The summed E-state index contributed by atoms with van der Waals surface area (Å²) in [5, 5.41) is 12.4. The number of nitriles is 1. The van der Waals surface area contributed by atoms with E-state index in [1.54, 1.807) is 0 Å². The minimum absolute atomic E-state index is 0.0230. The zero-order chi connectivity index (χ0) is 22.7. The zero-order valence-electron chi connectivity index (χ0n) is 17.9. The number of hydrogen-bond donors (Lipinski definition) is 1. The lowest BCUT2D eigenvalue weighted by Gasteiger charge is -2.34. The molecule has 0 bridgehead atoms. The van der Waals surface area contributed by atoms with Crippen LogP contribution in [0.4, 0.5) is 14.6 Å². The smallest absolute Gasteiger partial charge is 0.318 e. The van der Waals surface area contributed by atoms with Gasteiger partial charge in [-0.15, -0.1) is 0 Å². The molecule has 1 N–H and O–H groups in total. The van der Waals surface area contributed by atoms with E-state index in [4.69, 9.17) is 21.6 Å². The van der Waals surface area contributed by atoms with Gasteiger partial charge in [0.25, 0.3) is 0 Å². The van der Waals surface area contributed by atoms with Gasteiger partial charge in [0.1, 0.15) is 17.5 Å². The number of halogens is 3. The molecule has 5 heterocycles. The minimum atomic E-state index is -0.699. The van der Waals surface area contributed by atoms with Gasteiger partial charge in [-0.3, -0.25) is 4.90 Å². The quantitative estimate of drug-likeness (QED) is 0.692. The third-order valence-electron chi connectivity index (χ3n) is 6.14. The molecule has 3 aliphatic rings. The van der Waals surface area contributed by atoms with E-state index in [1.165, 1.54) is 26.1 Å². The molecule has 0 aromatic carbocycles. The van der Waals surface area contributed by atoms with Crippen LogP contribution >= 0.6 is 11.6 Å². The number of piperazine rings is 1. The predicted molar refractivity (Wildman–Crippen MR) is 117 cm³/mol. The van der Waals surface area contributed by atoms with Crippen molar-refractivity contribution in [2.75, 3.05) is 44.7 Å². The third kappa shape index (κ3) is 4.85. The van der Waals surface area contributed by atoms with Crippen molar-refractivity contribution in [1.29, 1.82) is 5.26 Å². The first-order valence-electron chi connectivity index (χ1n) is 10.8. The Balaban J connectivity index is 0.000000225. The molecule has 3 saturated heterocycles. The van der Waals surface area contributed by atoms with Crippen LogP contribution in [0.3, 0.4) is 0 Å². The number of rotatable bonds is 3. The first kappa shape index (κ1) is 22.8. The number of nitrogens with one attached hydrogen (secondary N) is 1. The monoisotopic (exact) mass is 465 g/mol. The molecule has 3 fully saturated rings. The van der Waals surface area contributed by atoms with E-state index in [0.29, 0.717) is 49.8 Å². The van der Waals surface area contributed by atoms with Crippen molar-refractivity contribution >= 4 is 28.3 Å². The maximum atomic E-state index is 14.2. The maximum absolute atomic E-state index is 14.2. The van der Waals surface area contributed by atoms with Gasteiger partial charge in [-0.2, -0.15) is 15.2 Å². The van der Waals surface area contributed by atoms with Gasteiger partial charge in [0.2, 0.25) is 0 Å². The average molecular weight is 466 g/mol. The second kappa shape index (κ2) is 10.1. The standard InChI is InChI=1S/C14H14ClFN6O.C7H12FN/c1-23-14-20-11-9(6-19-12(15)10(11)16)13(21-14)22-5-4-18-8(7-22)2-3-17;8-6-4-7-2-1-3-9(7)5-6/h6,8,18H,2,4-5,7H2,1H3;6-7H,1-5H2. The highest BCUT2D eigenvalue weighted by molar-refractivity contribution is 6.30. The number of nitrogens with zero attached hydrogens (tertiary/aromatic N) is 6. The fraction of sp³-hybridized carbons (Fsp3) is 0.619. The first-order valence-corrected chi connectivity index (χ1v) is 11.2. The Morgan fingerprint density at radius 1 is 1.34 bits per heavy atom. The molecule has 2 aromatic heterocycles. The number of hydrogen-bond acceptors (Lipinski definition) is 8. The topological polar surface area (TPSA) is 90.2 Å². The number of ether oxygens (including phenoxy) is 1. The fourth-order valence-corrected chi connectivity index (χ4v) is 4.76. The summed E-state index contributed by atoms with van der Waals surface area (Å²) >= 11 is 5.74. The molecule has 8 nitrogen and oxygen atoms in total. The molecule has 3 unspecified atom stereocenters. The molecule has 0 amide bonds. The van der Waals surface area contributed by atoms with Gasteiger partial charge < -0.3 is 15.0 Å². The fourth-order valence-electron chi connectivity index (χ4n) is 4.62. The SMILES string of the molecule is COc1nc(N2CCNC(CC#N)C2)c2cnc(Cl)c(F)c2n1.FC1CC2CCCN2C1. The zero-order valence-corrected chi connectivity index (χ0v) is 18.7. The summed E-state index contributed by atoms with van der Waals surface area (Å²) in [4.78, 5) is 16.5. The summed E-state index contributed by atoms with van der Waals surface area (Å²) < 4.78 is 31.9. The van der Waals surface area contributed by atoms with Gasteiger partial charge in [-0.25, -0.2) is 13.8 Å². The molecule has 3 atom stereocenters. The van der Waals surface area contributed by atoms with E-state index >= 15 is 0 Å². The molecule has 0 saturated carbocycles. The average Bonchev–Trinajstić information content (AvgIpc) is 3.37. The lowest BCUT2D eigenvalue weighted by Crippen LogP contribution is -2.51. The lowest BCUT2D eigenvalue weighted by molar-refractivity contribution is 0.292. The van der Waals surface area contributed by atoms with Crippen LogP contribution < -0.4 is 15.0 Å². The predicted octanol–water partition coefficient (Wildman–Crippen LogP) is 2.71. The molecular formula is C21H26ClF2N7O. The van der Waals surface area contributed by atoms with Gasteiger partial charge in [0, 0.05) is 44.5 Å². The summed E-state index contributed by atoms with van der Waals surface area (Å²) in [6.07, 6.45) is 4.65. The summed E-state index contributed by atoms with van der Waals surface area (Å²) in [5.74, 6) is -0.172. The van der Waals surface area contributed by atoms with Gasteiger partial charge in [0.15, 0.2) is 11.0 Å². The summed E-state index contributed by atoms with van der Waals surface area (Å²) in [5.41, 5.74) is 0.0715. The van der Waals surface area contributed by atoms with Gasteiger partial charge in [-0.05, 0) is 25.8 Å². The lowest BCUT2D eigenvalue weighted by atomic mass is 10.1. The third-order valence-corrected chi connectivity index (χ3v) is 6.40. The molecular weight excluding hydrogens is 440 g/mol. The number of fused-ring (bicyclic) bond motifs is 2. The highest BCUT2D eigenvalue weighted by Gasteiger charge is 2.34. The normalized spacial score (nSPS) is 25.2. The van der Waals surface area contributed by atoms with E-state index in [0.717, 1.165) is 13.0 Å². The molecule has 0 radical (unpaired) electrons. The van der Waals surface area contributed by atoms with Crippen LogP contribution in [-0.2, 0) is 0 Å². The van der Waals surface area contributed by atoms with E-state index in [1.807, 2.05) is 4.90 Å². The van der Waals surface area contributed by atoms with Crippen LogP contribution in [0.2, 0.25) is 5.15 Å². The van der Waals surface area contributed by atoms with Gasteiger partial charge >= 0.3 is 6.01 Å². The Kier molecular flexibility index (Phi) is 7.18. The Hall–Kier alpha value is -2.35. The Morgan fingerprint density at radius 2 is 2.19 bits per heavy atom.